The lowest BCUT2D eigenvalue weighted by atomic mass is 9.69. The van der Waals surface area contributed by atoms with Crippen LogP contribution in [0.4, 0.5) is 0 Å². The molecule has 4 bridgehead atoms. The van der Waals surface area contributed by atoms with Gasteiger partial charge in [-0.05, 0) is 43.9 Å². The summed E-state index contributed by atoms with van der Waals surface area (Å²) in [6, 6.07) is 0. The van der Waals surface area contributed by atoms with Crippen molar-refractivity contribution in [2.45, 2.75) is 39.2 Å². The third-order valence-electron chi connectivity index (χ3n) is 5.77. The molecule has 3 aliphatic carbocycles. The summed E-state index contributed by atoms with van der Waals surface area (Å²) in [4.78, 5) is 12.6. The fourth-order valence-electron chi connectivity index (χ4n) is 5.01. The van der Waals surface area contributed by atoms with Crippen molar-refractivity contribution < 1.29 is 9.53 Å². The summed E-state index contributed by atoms with van der Waals surface area (Å²) in [5, 5.41) is 0. The van der Waals surface area contributed by atoms with Crippen molar-refractivity contribution in [3.8, 4) is 0 Å². The Morgan fingerprint density at radius 1 is 1.47 bits per heavy atom. The summed E-state index contributed by atoms with van der Waals surface area (Å²) < 4.78 is 5.57. The molecule has 3 saturated carbocycles. The van der Waals surface area contributed by atoms with Gasteiger partial charge in [-0.15, -0.1) is 0 Å². The Bertz CT molecular complexity index is 386. The second kappa shape index (κ2) is 3.44. The maximum absolute atomic E-state index is 12.6. The Morgan fingerprint density at radius 3 is 2.76 bits per heavy atom. The van der Waals surface area contributed by atoms with E-state index in [1.165, 1.54) is 5.57 Å². The van der Waals surface area contributed by atoms with Crippen molar-refractivity contribution in [2.24, 2.45) is 29.1 Å². The van der Waals surface area contributed by atoms with Crippen LogP contribution in [0.2, 0.25) is 0 Å². The smallest absolute Gasteiger partial charge is 0.145 e. The highest BCUT2D eigenvalue weighted by Crippen LogP contribution is 2.67. The molecular weight excluding hydrogens is 212 g/mol. The average Bonchev–Trinajstić information content (AvgIpc) is 2.68. The number of hydrogen-bond acceptors (Lipinski definition) is 2. The third-order valence-corrected chi connectivity index (χ3v) is 5.77. The molecule has 0 aliphatic heterocycles. The van der Waals surface area contributed by atoms with Gasteiger partial charge in [0, 0.05) is 18.4 Å². The highest BCUT2D eigenvalue weighted by Gasteiger charge is 2.68. The summed E-state index contributed by atoms with van der Waals surface area (Å²) in [5.74, 6) is 2.29. The van der Waals surface area contributed by atoms with Crippen LogP contribution < -0.4 is 0 Å². The molecule has 0 spiro atoms. The second-order valence-corrected chi connectivity index (χ2v) is 6.50. The first kappa shape index (κ1) is 11.5. The fraction of sp³-hybridized carbons (Fsp3) is 0.800. The van der Waals surface area contributed by atoms with Crippen LogP contribution in [0, 0.1) is 29.1 Å². The Morgan fingerprint density at radius 2 is 2.18 bits per heavy atom. The molecule has 2 heteroatoms. The van der Waals surface area contributed by atoms with Crippen molar-refractivity contribution in [3.63, 3.8) is 0 Å². The lowest BCUT2D eigenvalue weighted by molar-refractivity contribution is -0.135. The van der Waals surface area contributed by atoms with Gasteiger partial charge in [0.15, 0.2) is 0 Å². The first-order chi connectivity index (χ1) is 8.00. The van der Waals surface area contributed by atoms with Gasteiger partial charge in [0.25, 0.3) is 0 Å². The van der Waals surface area contributed by atoms with Gasteiger partial charge in [0.05, 0.1) is 6.10 Å². The van der Waals surface area contributed by atoms with Crippen LogP contribution in [0.25, 0.3) is 0 Å². The van der Waals surface area contributed by atoms with E-state index >= 15 is 0 Å². The van der Waals surface area contributed by atoms with Crippen LogP contribution in [0.3, 0.4) is 0 Å². The van der Waals surface area contributed by atoms with Crippen molar-refractivity contribution in [2.75, 3.05) is 7.11 Å². The number of allylic oxidation sites excluding steroid dienone is 1. The zero-order valence-electron chi connectivity index (χ0n) is 11.0. The molecule has 0 saturated heterocycles. The highest BCUT2D eigenvalue weighted by molar-refractivity contribution is 5.92. The molecule has 0 N–H and O–H groups in total. The Balaban J connectivity index is 2.03. The van der Waals surface area contributed by atoms with Crippen LogP contribution >= 0.6 is 0 Å². The summed E-state index contributed by atoms with van der Waals surface area (Å²) in [6.07, 6.45) is 3.41. The quantitative estimate of drug-likeness (QED) is 0.687. The summed E-state index contributed by atoms with van der Waals surface area (Å²) in [7, 11) is 1.75. The van der Waals surface area contributed by atoms with Crippen LogP contribution in [-0.4, -0.2) is 19.0 Å². The van der Waals surface area contributed by atoms with Crippen LogP contribution in [0.5, 0.6) is 0 Å². The molecule has 0 aromatic rings. The molecule has 0 radical (unpaired) electrons. The normalized spacial score (nSPS) is 51.9. The molecule has 94 valence electrons. The number of methoxy groups -OCH3 is 1. The van der Waals surface area contributed by atoms with Gasteiger partial charge in [0.2, 0.25) is 0 Å². The molecule has 0 amide bonds. The number of carbonyl (C=O) groups excluding carboxylic acids is 1. The molecule has 0 aromatic carbocycles. The van der Waals surface area contributed by atoms with Gasteiger partial charge in [-0.2, -0.15) is 0 Å². The fourth-order valence-corrected chi connectivity index (χ4v) is 5.01. The van der Waals surface area contributed by atoms with Crippen molar-refractivity contribution in [3.05, 3.63) is 12.2 Å². The SMILES string of the molecule is C=C(C)[C@@H]1C[C@@]2(C)C(=O)[C@@H]3C(OC)CC[C@H]2[C@@H]31. The van der Waals surface area contributed by atoms with E-state index in [9.17, 15) is 4.79 Å². The second-order valence-electron chi connectivity index (χ2n) is 6.50. The molecule has 3 rings (SSSR count). The number of Topliss-reactive ketones (excluding diaryl/α,β-unsaturated/α-hetero) is 1. The van der Waals surface area contributed by atoms with E-state index in [0.29, 0.717) is 23.5 Å². The Kier molecular flexibility index (Phi) is 2.32. The standard InChI is InChI=1S/C15H22O2/c1-8(2)9-7-15(3)10-5-6-11(17-4)13(12(9)10)14(15)16/h9-13H,1,5-7H2,2-4H3/t9-,10-,11?,12-,13+,15+/m0/s1. The van der Waals surface area contributed by atoms with Gasteiger partial charge in [-0.1, -0.05) is 19.1 Å². The molecule has 0 aromatic heterocycles. The van der Waals surface area contributed by atoms with Crippen molar-refractivity contribution in [1.82, 2.24) is 0 Å². The lowest BCUT2D eigenvalue weighted by Gasteiger charge is -2.37. The predicted molar refractivity (Wildman–Crippen MR) is 66.5 cm³/mol. The lowest BCUT2D eigenvalue weighted by Crippen LogP contribution is -2.41. The van der Waals surface area contributed by atoms with Crippen LogP contribution in [-0.2, 0) is 9.53 Å². The largest absolute Gasteiger partial charge is 0.381 e. The molecular formula is C15H22O2. The maximum atomic E-state index is 12.6. The molecule has 3 aliphatic rings. The number of rotatable bonds is 2. The summed E-state index contributed by atoms with van der Waals surface area (Å²) in [5.41, 5.74) is 1.18. The van der Waals surface area contributed by atoms with E-state index in [1.807, 2.05) is 0 Å². The van der Waals surface area contributed by atoms with Crippen molar-refractivity contribution in [1.29, 1.82) is 0 Å². The van der Waals surface area contributed by atoms with E-state index in [4.69, 9.17) is 4.74 Å². The maximum Gasteiger partial charge on any atom is 0.145 e. The minimum atomic E-state index is -0.0772. The van der Waals surface area contributed by atoms with Crippen molar-refractivity contribution >= 4 is 5.78 Å². The number of ether oxygens (including phenoxy) is 1. The predicted octanol–water partition coefficient (Wildman–Crippen LogP) is 2.83. The monoisotopic (exact) mass is 234 g/mol. The summed E-state index contributed by atoms with van der Waals surface area (Å²) >= 11 is 0. The molecule has 3 fully saturated rings. The number of hydrogen-bond donors (Lipinski definition) is 0. The third kappa shape index (κ3) is 1.22. The Labute approximate surface area is 103 Å². The molecule has 2 nitrogen and oxygen atoms in total. The van der Waals surface area contributed by atoms with E-state index in [-0.39, 0.29) is 17.4 Å². The van der Waals surface area contributed by atoms with E-state index in [1.54, 1.807) is 7.11 Å². The topological polar surface area (TPSA) is 26.3 Å². The van der Waals surface area contributed by atoms with Gasteiger partial charge in [-0.25, -0.2) is 0 Å². The number of ketones is 1. The van der Waals surface area contributed by atoms with Gasteiger partial charge >= 0.3 is 0 Å². The minimum absolute atomic E-state index is 0.0772. The zero-order valence-corrected chi connectivity index (χ0v) is 11.0. The van der Waals surface area contributed by atoms with E-state index in [0.717, 1.165) is 19.3 Å². The van der Waals surface area contributed by atoms with E-state index in [2.05, 4.69) is 20.4 Å². The molecule has 6 atom stereocenters. The molecule has 1 unspecified atom stereocenters. The van der Waals surface area contributed by atoms with E-state index < -0.39 is 0 Å². The van der Waals surface area contributed by atoms with Gasteiger partial charge in [-0.3, -0.25) is 4.79 Å². The first-order valence-corrected chi connectivity index (χ1v) is 6.73. The highest BCUT2D eigenvalue weighted by atomic mass is 16.5. The average molecular weight is 234 g/mol. The molecule has 17 heavy (non-hydrogen) atoms. The first-order valence-electron chi connectivity index (χ1n) is 6.73. The van der Waals surface area contributed by atoms with Gasteiger partial charge in [0.1, 0.15) is 5.78 Å². The molecule has 0 heterocycles. The Hall–Kier alpha value is -0.630. The van der Waals surface area contributed by atoms with Gasteiger partial charge < -0.3 is 4.74 Å². The summed E-state index contributed by atoms with van der Waals surface area (Å²) in [6.45, 7) is 8.45. The van der Waals surface area contributed by atoms with Crippen LogP contribution in [0.1, 0.15) is 33.1 Å². The minimum Gasteiger partial charge on any atom is -0.381 e. The zero-order chi connectivity index (χ0) is 12.4. The van der Waals surface area contributed by atoms with Crippen LogP contribution in [0.15, 0.2) is 12.2 Å². The number of carbonyl (C=O) groups is 1.